The number of aryl methyl sites for hydroxylation is 1. The van der Waals surface area contributed by atoms with E-state index >= 15 is 0 Å². The topological polar surface area (TPSA) is 57.5 Å². The van der Waals surface area contributed by atoms with E-state index < -0.39 is 18.0 Å². The van der Waals surface area contributed by atoms with Crippen LogP contribution in [-0.4, -0.2) is 22.3 Å². The van der Waals surface area contributed by atoms with Crippen LogP contribution >= 0.6 is 0 Å². The van der Waals surface area contributed by atoms with Crippen molar-refractivity contribution in [2.24, 2.45) is 23.7 Å². The van der Waals surface area contributed by atoms with Gasteiger partial charge in [-0.25, -0.2) is 0 Å². The van der Waals surface area contributed by atoms with Gasteiger partial charge in [-0.2, -0.15) is 0 Å². The molecule has 1 aromatic carbocycles. The Hall–Kier alpha value is -1.61. The summed E-state index contributed by atoms with van der Waals surface area (Å²) in [6.07, 6.45) is 18.7. The van der Waals surface area contributed by atoms with Crippen molar-refractivity contribution in [1.29, 1.82) is 0 Å². The van der Waals surface area contributed by atoms with Gasteiger partial charge >= 0.3 is 5.97 Å². The zero-order valence-corrected chi connectivity index (χ0v) is 22.4. The number of carbonyl (C=O) groups is 1. The molecule has 0 heterocycles. The van der Waals surface area contributed by atoms with Gasteiger partial charge in [0.2, 0.25) is 0 Å². The number of carboxylic acids is 1. The van der Waals surface area contributed by atoms with Crippen LogP contribution in [0.5, 0.6) is 0 Å². The molecule has 3 heteroatoms. The van der Waals surface area contributed by atoms with Gasteiger partial charge in [-0.1, -0.05) is 102 Å². The van der Waals surface area contributed by atoms with Crippen LogP contribution in [0.25, 0.3) is 0 Å². The number of benzene rings is 1. The van der Waals surface area contributed by atoms with Gasteiger partial charge in [-0.15, -0.1) is 0 Å². The lowest BCUT2D eigenvalue weighted by molar-refractivity contribution is -0.148. The summed E-state index contributed by atoms with van der Waals surface area (Å²) in [5, 5.41) is 20.1. The van der Waals surface area contributed by atoms with Crippen molar-refractivity contribution in [2.45, 2.75) is 117 Å². The fourth-order valence-electron chi connectivity index (χ4n) is 5.02. The second-order valence-corrected chi connectivity index (χ2v) is 10.7. The number of hydrogen-bond acceptors (Lipinski definition) is 2. The highest BCUT2D eigenvalue weighted by Crippen LogP contribution is 2.30. The zero-order chi connectivity index (χ0) is 25.2. The van der Waals surface area contributed by atoms with E-state index in [4.69, 9.17) is 0 Å². The summed E-state index contributed by atoms with van der Waals surface area (Å²) in [7, 11) is 0. The largest absolute Gasteiger partial charge is 0.481 e. The molecule has 3 nitrogen and oxygen atoms in total. The lowest BCUT2D eigenvalue weighted by Gasteiger charge is -2.27. The molecule has 1 aromatic rings. The van der Waals surface area contributed by atoms with Gasteiger partial charge in [0.25, 0.3) is 0 Å². The van der Waals surface area contributed by atoms with Crippen LogP contribution < -0.4 is 0 Å². The summed E-state index contributed by atoms with van der Waals surface area (Å²) in [4.78, 5) is 12.0. The maximum Gasteiger partial charge on any atom is 0.309 e. The minimum Gasteiger partial charge on any atom is -0.481 e. The molecule has 194 valence electrons. The minimum atomic E-state index is -0.865. The maximum absolute atomic E-state index is 12.0. The van der Waals surface area contributed by atoms with Crippen LogP contribution in [0.2, 0.25) is 0 Å². The molecule has 34 heavy (non-hydrogen) atoms. The number of aliphatic carboxylic acids is 1. The third-order valence-electron chi connectivity index (χ3n) is 7.16. The lowest BCUT2D eigenvalue weighted by atomic mass is 9.79. The Labute approximate surface area is 210 Å². The van der Waals surface area contributed by atoms with Crippen LogP contribution in [-0.2, 0) is 11.2 Å². The fourth-order valence-corrected chi connectivity index (χ4v) is 5.02. The fraction of sp³-hybridized carbons (Fsp3) is 0.710. The van der Waals surface area contributed by atoms with Crippen molar-refractivity contribution in [3.8, 4) is 0 Å². The molecule has 0 aromatic heterocycles. The normalized spacial score (nSPS) is 15.5. The SMILES string of the molecule is CCCCCCC=CC[C@H](CCC[C@H](CCc1ccccc1)[C@H](C(=O)O)[C@H](C)O)CCC(C)C. The van der Waals surface area contributed by atoms with E-state index in [-0.39, 0.29) is 5.92 Å². The Morgan fingerprint density at radius 1 is 0.882 bits per heavy atom. The highest BCUT2D eigenvalue weighted by Gasteiger charge is 2.31. The molecule has 0 fully saturated rings. The second-order valence-electron chi connectivity index (χ2n) is 10.7. The Balaban J connectivity index is 2.66. The summed E-state index contributed by atoms with van der Waals surface area (Å²) in [5.41, 5.74) is 1.24. The first-order chi connectivity index (χ1) is 16.3. The first-order valence-corrected chi connectivity index (χ1v) is 13.9. The molecule has 0 radical (unpaired) electrons. The molecule has 0 saturated heterocycles. The zero-order valence-electron chi connectivity index (χ0n) is 22.4. The molecule has 0 saturated carbocycles. The summed E-state index contributed by atoms with van der Waals surface area (Å²) in [6, 6.07) is 10.3. The van der Waals surface area contributed by atoms with Gasteiger partial charge < -0.3 is 10.2 Å². The van der Waals surface area contributed by atoms with Crippen molar-refractivity contribution in [3.05, 3.63) is 48.0 Å². The highest BCUT2D eigenvalue weighted by molar-refractivity contribution is 5.71. The van der Waals surface area contributed by atoms with Crippen molar-refractivity contribution < 1.29 is 15.0 Å². The average Bonchev–Trinajstić information content (AvgIpc) is 2.79. The van der Waals surface area contributed by atoms with Gasteiger partial charge in [-0.3, -0.25) is 4.79 Å². The Kier molecular flexibility index (Phi) is 16.7. The molecular weight excluding hydrogens is 420 g/mol. The number of rotatable bonds is 20. The van der Waals surface area contributed by atoms with Crippen LogP contribution in [0.15, 0.2) is 42.5 Å². The van der Waals surface area contributed by atoms with Crippen LogP contribution in [0.1, 0.15) is 110 Å². The molecular formula is C31H52O3. The van der Waals surface area contributed by atoms with E-state index in [1.807, 2.05) is 18.2 Å². The molecule has 2 N–H and O–H groups in total. The molecule has 0 aliphatic carbocycles. The van der Waals surface area contributed by atoms with Gasteiger partial charge in [0.1, 0.15) is 0 Å². The molecule has 0 bridgehead atoms. The summed E-state index contributed by atoms with van der Waals surface area (Å²) in [5.74, 6) is -0.182. The monoisotopic (exact) mass is 472 g/mol. The Morgan fingerprint density at radius 2 is 1.62 bits per heavy atom. The predicted octanol–water partition coefficient (Wildman–Crippen LogP) is 8.46. The van der Waals surface area contributed by atoms with Gasteiger partial charge in [0, 0.05) is 0 Å². The Bertz CT molecular complexity index is 650. The number of hydrogen-bond donors (Lipinski definition) is 2. The van der Waals surface area contributed by atoms with Gasteiger partial charge in [-0.05, 0) is 75.2 Å². The van der Waals surface area contributed by atoms with Crippen LogP contribution in [0, 0.1) is 23.7 Å². The van der Waals surface area contributed by atoms with Crippen molar-refractivity contribution in [1.82, 2.24) is 0 Å². The number of aliphatic hydroxyl groups excluding tert-OH is 1. The van der Waals surface area contributed by atoms with E-state index in [0.717, 1.165) is 38.5 Å². The summed E-state index contributed by atoms with van der Waals surface area (Å²) in [6.45, 7) is 8.47. The van der Waals surface area contributed by atoms with Crippen molar-refractivity contribution in [3.63, 3.8) is 0 Å². The van der Waals surface area contributed by atoms with Gasteiger partial charge in [0.05, 0.1) is 12.0 Å². The van der Waals surface area contributed by atoms with Crippen molar-refractivity contribution >= 4 is 5.97 Å². The molecule has 0 aliphatic rings. The van der Waals surface area contributed by atoms with E-state index in [0.29, 0.717) is 11.8 Å². The molecule has 0 amide bonds. The third-order valence-corrected chi connectivity index (χ3v) is 7.16. The number of carboxylic acid groups (broad SMARTS) is 1. The van der Waals surface area contributed by atoms with E-state index in [1.54, 1.807) is 6.92 Å². The molecule has 0 aliphatic heterocycles. The van der Waals surface area contributed by atoms with Gasteiger partial charge in [0.15, 0.2) is 0 Å². The first kappa shape index (κ1) is 30.4. The van der Waals surface area contributed by atoms with Crippen LogP contribution in [0.3, 0.4) is 0 Å². The predicted molar refractivity (Wildman–Crippen MR) is 145 cm³/mol. The van der Waals surface area contributed by atoms with Crippen LogP contribution in [0.4, 0.5) is 0 Å². The number of unbranched alkanes of at least 4 members (excludes halogenated alkanes) is 4. The lowest BCUT2D eigenvalue weighted by Crippen LogP contribution is -2.33. The second kappa shape index (κ2) is 18.7. The number of allylic oxidation sites excluding steroid dienone is 2. The van der Waals surface area contributed by atoms with E-state index in [9.17, 15) is 15.0 Å². The summed E-state index contributed by atoms with van der Waals surface area (Å²) >= 11 is 0. The standard InChI is InChI=1S/C31H52O3/c1-5-6-7-8-9-10-12-16-28(22-21-25(2)3)19-15-20-29(30(26(4)32)31(33)34)24-23-27-17-13-11-14-18-27/h10-14,17-18,25-26,28-30,32H,5-9,15-16,19-24H2,1-4H3,(H,33,34)/t26-,28+,29+,30+/m0/s1. The van der Waals surface area contributed by atoms with E-state index in [2.05, 4.69) is 45.1 Å². The molecule has 0 unspecified atom stereocenters. The molecule has 4 atom stereocenters. The molecule has 0 spiro atoms. The summed E-state index contributed by atoms with van der Waals surface area (Å²) < 4.78 is 0. The number of aliphatic hydroxyl groups is 1. The van der Waals surface area contributed by atoms with Crippen molar-refractivity contribution in [2.75, 3.05) is 0 Å². The first-order valence-electron chi connectivity index (χ1n) is 13.9. The maximum atomic E-state index is 12.0. The average molecular weight is 473 g/mol. The smallest absolute Gasteiger partial charge is 0.309 e. The highest BCUT2D eigenvalue weighted by atomic mass is 16.4. The van der Waals surface area contributed by atoms with E-state index in [1.165, 1.54) is 50.5 Å². The Morgan fingerprint density at radius 3 is 2.24 bits per heavy atom. The molecule has 1 rings (SSSR count). The third kappa shape index (κ3) is 13.9. The quantitative estimate of drug-likeness (QED) is 0.148. The minimum absolute atomic E-state index is 0.00226.